The van der Waals surface area contributed by atoms with Crippen LogP contribution in [0.25, 0.3) is 0 Å². The first-order valence-electron chi connectivity index (χ1n) is 6.40. The number of rotatable bonds is 7. The average molecular weight is 253 g/mol. The highest BCUT2D eigenvalue weighted by Gasteiger charge is 1.97. The van der Waals surface area contributed by atoms with E-state index in [-0.39, 0.29) is 0 Å². The van der Waals surface area contributed by atoms with E-state index in [0.717, 1.165) is 25.6 Å². The van der Waals surface area contributed by atoms with Gasteiger partial charge in [-0.05, 0) is 35.7 Å². The van der Waals surface area contributed by atoms with Crippen molar-refractivity contribution >= 4 is 17.3 Å². The van der Waals surface area contributed by atoms with Gasteiger partial charge in [0.05, 0.1) is 6.54 Å². The molecule has 1 rings (SSSR count). The molecular formula is C13H23N3S. The molecule has 0 amide bonds. The van der Waals surface area contributed by atoms with Gasteiger partial charge in [-0.15, -0.1) is 0 Å². The third-order valence-electron chi connectivity index (χ3n) is 2.42. The molecule has 0 saturated heterocycles. The van der Waals surface area contributed by atoms with E-state index in [4.69, 9.17) is 0 Å². The second-order valence-electron chi connectivity index (χ2n) is 3.96. The molecule has 0 saturated carbocycles. The molecular weight excluding hydrogens is 230 g/mol. The Hall–Kier alpha value is -1.03. The highest BCUT2D eigenvalue weighted by molar-refractivity contribution is 7.07. The fourth-order valence-electron chi connectivity index (χ4n) is 1.48. The van der Waals surface area contributed by atoms with Gasteiger partial charge in [0.25, 0.3) is 0 Å². The van der Waals surface area contributed by atoms with Gasteiger partial charge in [-0.2, -0.15) is 11.3 Å². The number of thiophene rings is 1. The maximum Gasteiger partial charge on any atom is 0.191 e. The number of hydrogen-bond acceptors (Lipinski definition) is 2. The zero-order valence-corrected chi connectivity index (χ0v) is 11.6. The largest absolute Gasteiger partial charge is 0.357 e. The molecule has 1 aromatic heterocycles. The number of unbranched alkanes of at least 4 members (excludes halogenated alkanes) is 2. The van der Waals surface area contributed by atoms with Crippen molar-refractivity contribution in [3.63, 3.8) is 0 Å². The summed E-state index contributed by atoms with van der Waals surface area (Å²) < 4.78 is 0. The zero-order chi connectivity index (χ0) is 12.3. The number of nitrogens with one attached hydrogen (secondary N) is 2. The van der Waals surface area contributed by atoms with E-state index in [0.29, 0.717) is 0 Å². The molecule has 17 heavy (non-hydrogen) atoms. The average Bonchev–Trinajstić information content (AvgIpc) is 2.84. The summed E-state index contributed by atoms with van der Waals surface area (Å²) in [5, 5.41) is 10.9. The van der Waals surface area contributed by atoms with Gasteiger partial charge in [0, 0.05) is 13.1 Å². The Balaban J connectivity index is 2.33. The number of nitrogens with zero attached hydrogens (tertiary/aromatic N) is 1. The van der Waals surface area contributed by atoms with Crippen LogP contribution in [0.15, 0.2) is 21.8 Å². The fourth-order valence-corrected chi connectivity index (χ4v) is 2.14. The summed E-state index contributed by atoms with van der Waals surface area (Å²) in [5.41, 5.74) is 1.28. The summed E-state index contributed by atoms with van der Waals surface area (Å²) >= 11 is 1.72. The van der Waals surface area contributed by atoms with Crippen LogP contribution < -0.4 is 10.6 Å². The maximum atomic E-state index is 4.55. The number of aliphatic imine (C=N–C) groups is 1. The van der Waals surface area contributed by atoms with Crippen LogP contribution in [-0.2, 0) is 6.54 Å². The summed E-state index contributed by atoms with van der Waals surface area (Å²) in [6.07, 6.45) is 3.74. The predicted molar refractivity (Wildman–Crippen MR) is 76.7 cm³/mol. The van der Waals surface area contributed by atoms with E-state index < -0.39 is 0 Å². The summed E-state index contributed by atoms with van der Waals surface area (Å²) in [4.78, 5) is 4.55. The molecule has 0 radical (unpaired) electrons. The SMILES string of the molecule is CCCCCNC(=NCc1ccsc1)NCC. The third-order valence-corrected chi connectivity index (χ3v) is 3.15. The topological polar surface area (TPSA) is 36.4 Å². The van der Waals surface area contributed by atoms with Crippen LogP contribution >= 0.6 is 11.3 Å². The standard InChI is InChI=1S/C13H23N3S/c1-3-5-6-8-15-13(14-4-2)16-10-12-7-9-17-11-12/h7,9,11H,3-6,8,10H2,1-2H3,(H2,14,15,16). The lowest BCUT2D eigenvalue weighted by Gasteiger charge is -2.10. The molecule has 3 nitrogen and oxygen atoms in total. The van der Waals surface area contributed by atoms with Gasteiger partial charge in [-0.3, -0.25) is 0 Å². The molecule has 0 bridgehead atoms. The van der Waals surface area contributed by atoms with Gasteiger partial charge in [0.1, 0.15) is 0 Å². The van der Waals surface area contributed by atoms with Crippen molar-refractivity contribution in [2.45, 2.75) is 39.7 Å². The van der Waals surface area contributed by atoms with Gasteiger partial charge >= 0.3 is 0 Å². The molecule has 2 N–H and O–H groups in total. The monoisotopic (exact) mass is 253 g/mol. The number of guanidine groups is 1. The van der Waals surface area contributed by atoms with Crippen molar-refractivity contribution in [1.29, 1.82) is 0 Å². The van der Waals surface area contributed by atoms with Crippen LogP contribution in [0.5, 0.6) is 0 Å². The molecule has 0 aliphatic carbocycles. The molecule has 96 valence electrons. The second kappa shape index (κ2) is 9.05. The molecule has 4 heteroatoms. The molecule has 0 fully saturated rings. The minimum absolute atomic E-state index is 0.757. The van der Waals surface area contributed by atoms with Crippen LogP contribution in [0.1, 0.15) is 38.7 Å². The Morgan fingerprint density at radius 3 is 2.82 bits per heavy atom. The fraction of sp³-hybridized carbons (Fsp3) is 0.615. The van der Waals surface area contributed by atoms with Crippen molar-refractivity contribution in [1.82, 2.24) is 10.6 Å². The normalized spacial score (nSPS) is 11.5. The van der Waals surface area contributed by atoms with Crippen molar-refractivity contribution in [2.24, 2.45) is 4.99 Å². The van der Waals surface area contributed by atoms with Crippen molar-refractivity contribution in [3.05, 3.63) is 22.4 Å². The van der Waals surface area contributed by atoms with Crippen LogP contribution in [0.4, 0.5) is 0 Å². The van der Waals surface area contributed by atoms with E-state index in [1.165, 1.54) is 24.8 Å². The van der Waals surface area contributed by atoms with E-state index in [2.05, 4.69) is 46.3 Å². The molecule has 0 aliphatic heterocycles. The van der Waals surface area contributed by atoms with Crippen LogP contribution in [-0.4, -0.2) is 19.0 Å². The lowest BCUT2D eigenvalue weighted by Crippen LogP contribution is -2.37. The van der Waals surface area contributed by atoms with Gasteiger partial charge < -0.3 is 10.6 Å². The third kappa shape index (κ3) is 6.31. The molecule has 0 spiro atoms. The Morgan fingerprint density at radius 1 is 1.29 bits per heavy atom. The van der Waals surface area contributed by atoms with Crippen LogP contribution in [0.3, 0.4) is 0 Å². The molecule has 0 atom stereocenters. The van der Waals surface area contributed by atoms with Gasteiger partial charge in [0.2, 0.25) is 0 Å². The lowest BCUT2D eigenvalue weighted by atomic mass is 10.2. The smallest absolute Gasteiger partial charge is 0.191 e. The Kier molecular flexibility index (Phi) is 7.47. The van der Waals surface area contributed by atoms with E-state index >= 15 is 0 Å². The van der Waals surface area contributed by atoms with Gasteiger partial charge in [-0.1, -0.05) is 19.8 Å². The quantitative estimate of drug-likeness (QED) is 0.445. The first-order chi connectivity index (χ1) is 8.36. The first kappa shape index (κ1) is 14.0. The second-order valence-corrected chi connectivity index (χ2v) is 4.74. The molecule has 1 heterocycles. The van der Waals surface area contributed by atoms with Crippen molar-refractivity contribution < 1.29 is 0 Å². The van der Waals surface area contributed by atoms with E-state index in [9.17, 15) is 0 Å². The predicted octanol–water partition coefficient (Wildman–Crippen LogP) is 2.99. The minimum atomic E-state index is 0.757. The molecule has 1 aromatic rings. The molecule has 0 aromatic carbocycles. The summed E-state index contributed by atoms with van der Waals surface area (Å²) in [6.45, 7) is 6.98. The van der Waals surface area contributed by atoms with Gasteiger partial charge in [-0.25, -0.2) is 4.99 Å². The lowest BCUT2D eigenvalue weighted by molar-refractivity contribution is 0.683. The van der Waals surface area contributed by atoms with Crippen LogP contribution in [0.2, 0.25) is 0 Å². The highest BCUT2D eigenvalue weighted by atomic mass is 32.1. The van der Waals surface area contributed by atoms with E-state index in [1.807, 2.05) is 0 Å². The van der Waals surface area contributed by atoms with E-state index in [1.54, 1.807) is 11.3 Å². The summed E-state index contributed by atoms with van der Waals surface area (Å²) in [7, 11) is 0. The maximum absolute atomic E-state index is 4.55. The zero-order valence-electron chi connectivity index (χ0n) is 10.8. The summed E-state index contributed by atoms with van der Waals surface area (Å²) in [5.74, 6) is 0.926. The molecule has 0 aliphatic rings. The minimum Gasteiger partial charge on any atom is -0.357 e. The summed E-state index contributed by atoms with van der Waals surface area (Å²) in [6, 6.07) is 2.12. The number of hydrogen-bond donors (Lipinski definition) is 2. The van der Waals surface area contributed by atoms with Crippen molar-refractivity contribution in [2.75, 3.05) is 13.1 Å². The van der Waals surface area contributed by atoms with Crippen LogP contribution in [0, 0.1) is 0 Å². The highest BCUT2D eigenvalue weighted by Crippen LogP contribution is 2.06. The van der Waals surface area contributed by atoms with Crippen molar-refractivity contribution in [3.8, 4) is 0 Å². The Bertz CT molecular complexity index is 306. The first-order valence-corrected chi connectivity index (χ1v) is 7.34. The Morgan fingerprint density at radius 2 is 2.18 bits per heavy atom. The molecule has 0 unspecified atom stereocenters. The van der Waals surface area contributed by atoms with Gasteiger partial charge in [0.15, 0.2) is 5.96 Å². The Labute approximate surface area is 108 Å².